The van der Waals surface area contributed by atoms with E-state index in [1.54, 1.807) is 25.7 Å². The molecule has 0 atom stereocenters. The quantitative estimate of drug-likeness (QED) is 0.575. The van der Waals surface area contributed by atoms with Crippen LogP contribution in [-0.4, -0.2) is 60.0 Å². The molecule has 1 saturated heterocycles. The van der Waals surface area contributed by atoms with Gasteiger partial charge in [0, 0.05) is 42.7 Å². The van der Waals surface area contributed by atoms with Crippen LogP contribution in [0.1, 0.15) is 16.8 Å². The highest BCUT2D eigenvalue weighted by Crippen LogP contribution is 2.31. The average Bonchev–Trinajstić information content (AvgIpc) is 2.77. The molecule has 30 heavy (non-hydrogen) atoms. The maximum Gasteiger partial charge on any atom is 0.135 e. The lowest BCUT2D eigenvalue weighted by molar-refractivity contribution is 0.0443. The summed E-state index contributed by atoms with van der Waals surface area (Å²) in [5.74, 6) is 7.25. The molecule has 8 heteroatoms. The van der Waals surface area contributed by atoms with E-state index in [4.69, 9.17) is 32.7 Å². The van der Waals surface area contributed by atoms with Crippen molar-refractivity contribution in [1.29, 1.82) is 0 Å². The Morgan fingerprint density at radius 1 is 1.10 bits per heavy atom. The standard InChI is InChI=1S/C22H20Cl2N4O2/c1-29-22-5-4-15-18(16(22)3-2-6-28-7-9-30-10-8-28)12-26-27-21(15)11-17-19(23)13-25-14-20(17)24/h4-5,12-14H,6-11H2,1H3. The Bertz CT molecular complexity index is 1100. The van der Waals surface area contributed by atoms with Crippen LogP contribution in [0.25, 0.3) is 10.8 Å². The molecule has 3 aromatic rings. The predicted molar refractivity (Wildman–Crippen MR) is 117 cm³/mol. The number of hydrogen-bond donors (Lipinski definition) is 0. The van der Waals surface area contributed by atoms with E-state index in [1.807, 2.05) is 12.1 Å². The minimum atomic E-state index is 0.442. The Balaban J connectivity index is 1.71. The molecule has 1 aliphatic heterocycles. The molecule has 0 bridgehead atoms. The molecule has 3 heterocycles. The highest BCUT2D eigenvalue weighted by atomic mass is 35.5. The lowest BCUT2D eigenvalue weighted by atomic mass is 10.0. The van der Waals surface area contributed by atoms with E-state index >= 15 is 0 Å². The molecule has 2 aromatic heterocycles. The number of fused-ring (bicyclic) bond motifs is 1. The van der Waals surface area contributed by atoms with E-state index in [0.29, 0.717) is 28.8 Å². The van der Waals surface area contributed by atoms with Crippen LogP contribution in [0.4, 0.5) is 0 Å². The zero-order chi connectivity index (χ0) is 20.9. The average molecular weight is 443 g/mol. The van der Waals surface area contributed by atoms with Crippen LogP contribution in [0.2, 0.25) is 10.0 Å². The molecule has 0 radical (unpaired) electrons. The lowest BCUT2D eigenvalue weighted by Gasteiger charge is -2.24. The Morgan fingerprint density at radius 3 is 2.60 bits per heavy atom. The van der Waals surface area contributed by atoms with Crippen LogP contribution in [0, 0.1) is 11.8 Å². The van der Waals surface area contributed by atoms with Crippen molar-refractivity contribution in [2.75, 3.05) is 40.0 Å². The molecule has 1 aliphatic rings. The molecule has 1 fully saturated rings. The number of benzene rings is 1. The fraction of sp³-hybridized carbons (Fsp3) is 0.318. The van der Waals surface area contributed by atoms with Crippen molar-refractivity contribution < 1.29 is 9.47 Å². The van der Waals surface area contributed by atoms with Crippen molar-refractivity contribution in [2.24, 2.45) is 0 Å². The number of pyridine rings is 1. The predicted octanol–water partition coefficient (Wildman–Crippen LogP) is 3.61. The van der Waals surface area contributed by atoms with Crippen LogP contribution in [0.5, 0.6) is 5.75 Å². The second-order valence-corrected chi connectivity index (χ2v) is 7.66. The SMILES string of the molecule is COc1ccc2c(Cc3c(Cl)cncc3Cl)nncc2c1C#CCN1CCOCC1. The summed E-state index contributed by atoms with van der Waals surface area (Å²) in [6, 6.07) is 3.87. The number of methoxy groups -OCH3 is 1. The third kappa shape index (κ3) is 4.50. The van der Waals surface area contributed by atoms with E-state index in [-0.39, 0.29) is 0 Å². The summed E-state index contributed by atoms with van der Waals surface area (Å²) in [7, 11) is 1.64. The molecular formula is C22H20Cl2N4O2. The largest absolute Gasteiger partial charge is 0.495 e. The maximum atomic E-state index is 6.30. The molecule has 0 saturated carbocycles. The van der Waals surface area contributed by atoms with Crippen LogP contribution in [-0.2, 0) is 11.2 Å². The van der Waals surface area contributed by atoms with Crippen LogP contribution >= 0.6 is 23.2 Å². The molecular weight excluding hydrogens is 423 g/mol. The van der Waals surface area contributed by atoms with Crippen LogP contribution in [0.3, 0.4) is 0 Å². The van der Waals surface area contributed by atoms with Gasteiger partial charge >= 0.3 is 0 Å². The molecule has 0 N–H and O–H groups in total. The van der Waals surface area contributed by atoms with Gasteiger partial charge in [0.15, 0.2) is 0 Å². The van der Waals surface area contributed by atoms with Gasteiger partial charge in [-0.25, -0.2) is 0 Å². The van der Waals surface area contributed by atoms with Gasteiger partial charge in [-0.15, -0.1) is 0 Å². The van der Waals surface area contributed by atoms with Crippen molar-refractivity contribution in [3.63, 3.8) is 0 Å². The number of aromatic nitrogens is 3. The zero-order valence-electron chi connectivity index (χ0n) is 16.5. The second kappa shape index (κ2) is 9.59. The Morgan fingerprint density at radius 2 is 1.87 bits per heavy atom. The third-order valence-corrected chi connectivity index (χ3v) is 5.67. The van der Waals surface area contributed by atoms with Gasteiger partial charge in [0.25, 0.3) is 0 Å². The summed E-state index contributed by atoms with van der Waals surface area (Å²) in [6.07, 6.45) is 5.31. The highest BCUT2D eigenvalue weighted by molar-refractivity contribution is 6.35. The van der Waals surface area contributed by atoms with Gasteiger partial charge < -0.3 is 9.47 Å². The summed E-state index contributed by atoms with van der Waals surface area (Å²) in [4.78, 5) is 6.28. The van der Waals surface area contributed by atoms with Gasteiger partial charge in [0.1, 0.15) is 5.75 Å². The molecule has 0 amide bonds. The Kier molecular flexibility index (Phi) is 6.66. The van der Waals surface area contributed by atoms with Crippen molar-refractivity contribution in [1.82, 2.24) is 20.1 Å². The second-order valence-electron chi connectivity index (χ2n) is 6.84. The zero-order valence-corrected chi connectivity index (χ0v) is 18.0. The summed E-state index contributed by atoms with van der Waals surface area (Å²) >= 11 is 12.6. The monoisotopic (exact) mass is 442 g/mol. The minimum Gasteiger partial charge on any atom is -0.495 e. The summed E-state index contributed by atoms with van der Waals surface area (Å²) in [6.45, 7) is 3.96. The molecule has 0 aliphatic carbocycles. The first-order chi connectivity index (χ1) is 14.7. The smallest absolute Gasteiger partial charge is 0.135 e. The van der Waals surface area contributed by atoms with Gasteiger partial charge in [0.05, 0.1) is 54.4 Å². The van der Waals surface area contributed by atoms with E-state index in [2.05, 4.69) is 31.9 Å². The van der Waals surface area contributed by atoms with Gasteiger partial charge in [-0.05, 0) is 17.7 Å². The Hall–Kier alpha value is -2.43. The number of rotatable bonds is 4. The summed E-state index contributed by atoms with van der Waals surface area (Å²) < 4.78 is 10.9. The van der Waals surface area contributed by atoms with Crippen LogP contribution in [0.15, 0.2) is 30.7 Å². The van der Waals surface area contributed by atoms with Gasteiger partial charge in [0.2, 0.25) is 0 Å². The van der Waals surface area contributed by atoms with Gasteiger partial charge in [-0.3, -0.25) is 9.88 Å². The minimum absolute atomic E-state index is 0.442. The first kappa shape index (κ1) is 20.8. The normalized spacial score (nSPS) is 14.4. The molecule has 1 aromatic carbocycles. The van der Waals surface area contributed by atoms with Crippen molar-refractivity contribution in [3.05, 3.63) is 57.6 Å². The van der Waals surface area contributed by atoms with E-state index in [9.17, 15) is 0 Å². The van der Waals surface area contributed by atoms with E-state index < -0.39 is 0 Å². The molecule has 6 nitrogen and oxygen atoms in total. The van der Waals surface area contributed by atoms with Gasteiger partial charge in [-0.2, -0.15) is 10.2 Å². The third-order valence-electron chi connectivity index (χ3n) is 5.02. The number of nitrogens with zero attached hydrogens (tertiary/aromatic N) is 4. The van der Waals surface area contributed by atoms with E-state index in [0.717, 1.165) is 53.9 Å². The fourth-order valence-corrected chi connectivity index (χ4v) is 3.90. The molecule has 0 spiro atoms. The molecule has 154 valence electrons. The van der Waals surface area contributed by atoms with Crippen LogP contribution < -0.4 is 4.74 Å². The van der Waals surface area contributed by atoms with Gasteiger partial charge in [-0.1, -0.05) is 35.0 Å². The number of hydrogen-bond acceptors (Lipinski definition) is 6. The summed E-state index contributed by atoms with van der Waals surface area (Å²) in [5.41, 5.74) is 2.33. The Labute approximate surface area is 185 Å². The van der Waals surface area contributed by atoms with Crippen molar-refractivity contribution in [3.8, 4) is 17.6 Å². The molecule has 4 rings (SSSR count). The maximum absolute atomic E-state index is 6.30. The number of ether oxygens (including phenoxy) is 2. The first-order valence-electron chi connectivity index (χ1n) is 9.55. The molecule has 0 unspecified atom stereocenters. The first-order valence-corrected chi connectivity index (χ1v) is 10.3. The lowest BCUT2D eigenvalue weighted by Crippen LogP contribution is -2.36. The van der Waals surface area contributed by atoms with Crippen molar-refractivity contribution in [2.45, 2.75) is 6.42 Å². The van der Waals surface area contributed by atoms with E-state index in [1.165, 1.54) is 0 Å². The number of morpholine rings is 1. The topological polar surface area (TPSA) is 60.4 Å². The number of halogens is 2. The highest BCUT2D eigenvalue weighted by Gasteiger charge is 2.15. The summed E-state index contributed by atoms with van der Waals surface area (Å²) in [5, 5.41) is 11.4. The van der Waals surface area contributed by atoms with Crippen molar-refractivity contribution >= 4 is 34.0 Å². The fourth-order valence-electron chi connectivity index (χ4n) is 3.40.